The Bertz CT molecular complexity index is 1040. The Morgan fingerprint density at radius 3 is 2.47 bits per heavy atom. The first kappa shape index (κ1) is 23.3. The largest absolute Gasteiger partial charge is 0.481 e. The number of carbonyl (C=O) groups is 1. The molecule has 0 saturated heterocycles. The van der Waals surface area contributed by atoms with E-state index in [2.05, 4.69) is 24.0 Å². The van der Waals surface area contributed by atoms with E-state index < -0.39 is 12.6 Å². The second-order valence-electron chi connectivity index (χ2n) is 6.18. The van der Waals surface area contributed by atoms with Gasteiger partial charge in [0.05, 0.1) is 11.6 Å². The predicted octanol–water partition coefficient (Wildman–Crippen LogP) is 5.04. The maximum atomic E-state index is 10.8. The van der Waals surface area contributed by atoms with E-state index in [9.17, 15) is 4.79 Å². The summed E-state index contributed by atoms with van der Waals surface area (Å²) in [7, 11) is 1.81. The normalized spacial score (nSPS) is 9.80. The van der Waals surface area contributed by atoms with Crippen molar-refractivity contribution >= 4 is 30.2 Å². The van der Waals surface area contributed by atoms with Gasteiger partial charge in [0, 0.05) is 22.0 Å². The van der Waals surface area contributed by atoms with Gasteiger partial charge in [0.1, 0.15) is 5.75 Å². The van der Waals surface area contributed by atoms with Gasteiger partial charge in [0.2, 0.25) is 0 Å². The summed E-state index contributed by atoms with van der Waals surface area (Å²) in [6.45, 7) is 0.0929. The van der Waals surface area contributed by atoms with Crippen LogP contribution in [0.5, 0.6) is 5.75 Å². The Balaban J connectivity index is 0.000000386. The lowest BCUT2D eigenvalue weighted by Crippen LogP contribution is -2.11. The van der Waals surface area contributed by atoms with E-state index in [1.807, 2.05) is 42.5 Å². The number of nitriles is 1. The van der Waals surface area contributed by atoms with Crippen molar-refractivity contribution in [3.63, 3.8) is 0 Å². The molecule has 30 heavy (non-hydrogen) atoms. The monoisotopic (exact) mass is 440 g/mol. The molecule has 0 spiro atoms. The minimum atomic E-state index is -1.07. The molecule has 3 aromatic carbocycles. The molecule has 0 amide bonds. The molecule has 0 aromatic heterocycles. The fraction of sp³-hybridized carbons (Fsp3) is 0.130. The molecule has 2 N–H and O–H groups in total. The average molecular weight is 441 g/mol. The first-order chi connectivity index (χ1) is 14.4. The molecule has 5 nitrogen and oxygen atoms in total. The highest BCUT2D eigenvalue weighted by Gasteiger charge is 2.13. The summed E-state index contributed by atoms with van der Waals surface area (Å²) in [4.78, 5) is 11.8. The highest BCUT2D eigenvalue weighted by atomic mass is 35.5. The molecule has 0 unspecified atom stereocenters. The number of aliphatic carboxylic acids is 1. The van der Waals surface area contributed by atoms with E-state index in [0.29, 0.717) is 28.4 Å². The van der Waals surface area contributed by atoms with Gasteiger partial charge < -0.3 is 15.2 Å². The molecule has 154 valence electrons. The Labute approximate surface area is 186 Å². The molecule has 3 aromatic rings. The number of carboxylic acids is 1. The molecule has 0 saturated carbocycles. The third kappa shape index (κ3) is 7.12. The van der Waals surface area contributed by atoms with Gasteiger partial charge in [0.15, 0.2) is 6.61 Å². The lowest BCUT2D eigenvalue weighted by atomic mass is 10.00. The van der Waals surface area contributed by atoms with E-state index in [1.165, 1.54) is 0 Å². The van der Waals surface area contributed by atoms with Crippen LogP contribution in [0.2, 0.25) is 5.02 Å². The number of halogens is 1. The number of hydrogen-bond donors (Lipinski definition) is 3. The summed E-state index contributed by atoms with van der Waals surface area (Å²) >= 11 is 10.3. The third-order valence-corrected chi connectivity index (χ3v) is 4.58. The van der Waals surface area contributed by atoms with Gasteiger partial charge in [-0.2, -0.15) is 5.26 Å². The summed E-state index contributed by atoms with van der Waals surface area (Å²) in [5, 5.41) is 21.4. The maximum absolute atomic E-state index is 10.8. The number of hydrogen-bond acceptors (Lipinski definition) is 5. The van der Waals surface area contributed by atoms with Crippen molar-refractivity contribution in [3.05, 3.63) is 82.9 Å². The van der Waals surface area contributed by atoms with Crippen LogP contribution in [0.1, 0.15) is 11.1 Å². The molecular weight excluding hydrogens is 420 g/mol. The van der Waals surface area contributed by atoms with Crippen LogP contribution in [0.4, 0.5) is 0 Å². The van der Waals surface area contributed by atoms with Crippen LogP contribution in [0.3, 0.4) is 0 Å². The standard InChI is InChI=1S/C17H15ClN2O3.C6H6S/c1-20-9-13-6-14(12-4-2-3-11(5-12)8-19)16(7-15(13)18)23-10-17(21)22;7-6-4-2-1-3-5-6/h2-7,20H,9-10H2,1H3,(H,21,22);1-5,7H. The number of benzene rings is 3. The first-order valence-electron chi connectivity index (χ1n) is 9.00. The summed E-state index contributed by atoms with van der Waals surface area (Å²) in [6.07, 6.45) is 0. The molecule has 0 aliphatic carbocycles. The van der Waals surface area contributed by atoms with Crippen LogP contribution in [-0.2, 0) is 11.3 Å². The number of carboxylic acid groups (broad SMARTS) is 1. The van der Waals surface area contributed by atoms with E-state index in [-0.39, 0.29) is 0 Å². The van der Waals surface area contributed by atoms with Crippen LogP contribution >= 0.6 is 24.2 Å². The SMILES string of the molecule is CNCc1cc(-c2cccc(C#N)c2)c(OCC(=O)O)cc1Cl.Sc1ccccc1. The molecule has 0 aliphatic rings. The summed E-state index contributed by atoms with van der Waals surface area (Å²) < 4.78 is 5.35. The number of thiol groups is 1. The highest BCUT2D eigenvalue weighted by Crippen LogP contribution is 2.35. The molecule has 7 heteroatoms. The predicted molar refractivity (Wildman–Crippen MR) is 121 cm³/mol. The van der Waals surface area contributed by atoms with Gasteiger partial charge >= 0.3 is 5.97 Å². The van der Waals surface area contributed by atoms with Gasteiger partial charge in [-0.05, 0) is 54.6 Å². The van der Waals surface area contributed by atoms with Gasteiger partial charge in [0.25, 0.3) is 0 Å². The van der Waals surface area contributed by atoms with Crippen molar-refractivity contribution in [1.29, 1.82) is 5.26 Å². The molecule has 0 heterocycles. The molecule has 0 bridgehead atoms. The Morgan fingerprint density at radius 2 is 1.90 bits per heavy atom. The lowest BCUT2D eigenvalue weighted by Gasteiger charge is -2.14. The van der Waals surface area contributed by atoms with Crippen molar-refractivity contribution in [2.75, 3.05) is 13.7 Å². The zero-order chi connectivity index (χ0) is 21.9. The lowest BCUT2D eigenvalue weighted by molar-refractivity contribution is -0.139. The second-order valence-corrected chi connectivity index (χ2v) is 7.10. The zero-order valence-corrected chi connectivity index (χ0v) is 18.0. The fourth-order valence-electron chi connectivity index (χ4n) is 2.59. The zero-order valence-electron chi connectivity index (χ0n) is 16.3. The number of ether oxygens (including phenoxy) is 1. The van der Waals surface area contributed by atoms with E-state index in [1.54, 1.807) is 31.3 Å². The molecule has 0 fully saturated rings. The van der Waals surface area contributed by atoms with Crippen LogP contribution in [0.15, 0.2) is 71.6 Å². The van der Waals surface area contributed by atoms with Crippen molar-refractivity contribution in [2.45, 2.75) is 11.4 Å². The Kier molecular flexibility index (Phi) is 9.23. The average Bonchev–Trinajstić information content (AvgIpc) is 2.75. The minimum Gasteiger partial charge on any atom is -0.481 e. The van der Waals surface area contributed by atoms with Crippen molar-refractivity contribution in [1.82, 2.24) is 5.32 Å². The maximum Gasteiger partial charge on any atom is 0.341 e. The number of rotatable bonds is 6. The van der Waals surface area contributed by atoms with E-state index >= 15 is 0 Å². The van der Waals surface area contributed by atoms with Crippen LogP contribution in [0.25, 0.3) is 11.1 Å². The molecule has 0 aliphatic heterocycles. The third-order valence-electron chi connectivity index (χ3n) is 3.93. The Morgan fingerprint density at radius 1 is 1.17 bits per heavy atom. The Hall–Kier alpha value is -2.98. The van der Waals surface area contributed by atoms with Gasteiger partial charge in [-0.1, -0.05) is 41.9 Å². The topological polar surface area (TPSA) is 82.3 Å². The summed E-state index contributed by atoms with van der Waals surface area (Å²) in [6, 6.07) is 22.3. The quantitative estimate of drug-likeness (QED) is 0.468. The van der Waals surface area contributed by atoms with Crippen LogP contribution in [0, 0.1) is 11.3 Å². The molecular formula is C23H21ClN2O3S. The van der Waals surface area contributed by atoms with Crippen LogP contribution < -0.4 is 10.1 Å². The number of nitrogens with zero attached hydrogens (tertiary/aromatic N) is 1. The van der Waals surface area contributed by atoms with Crippen molar-refractivity contribution in [3.8, 4) is 22.9 Å². The van der Waals surface area contributed by atoms with Crippen LogP contribution in [-0.4, -0.2) is 24.7 Å². The minimum absolute atomic E-state index is 0.368. The molecule has 3 rings (SSSR count). The van der Waals surface area contributed by atoms with E-state index in [4.69, 9.17) is 26.7 Å². The molecule has 0 atom stereocenters. The van der Waals surface area contributed by atoms with Gasteiger partial charge in [-0.25, -0.2) is 4.79 Å². The van der Waals surface area contributed by atoms with Gasteiger partial charge in [-0.3, -0.25) is 0 Å². The van der Waals surface area contributed by atoms with Crippen molar-refractivity contribution in [2.24, 2.45) is 0 Å². The smallest absolute Gasteiger partial charge is 0.341 e. The molecule has 0 radical (unpaired) electrons. The number of nitrogens with one attached hydrogen (secondary N) is 1. The fourth-order valence-corrected chi connectivity index (χ4v) is 2.99. The summed E-state index contributed by atoms with van der Waals surface area (Å²) in [5.41, 5.74) is 2.82. The van der Waals surface area contributed by atoms with Crippen molar-refractivity contribution < 1.29 is 14.6 Å². The van der Waals surface area contributed by atoms with Gasteiger partial charge in [-0.15, -0.1) is 12.6 Å². The van der Waals surface area contributed by atoms with E-state index in [0.717, 1.165) is 16.0 Å². The first-order valence-corrected chi connectivity index (χ1v) is 9.83. The second kappa shape index (κ2) is 11.9. The highest BCUT2D eigenvalue weighted by molar-refractivity contribution is 7.80. The summed E-state index contributed by atoms with van der Waals surface area (Å²) in [5.74, 6) is -0.704.